The lowest BCUT2D eigenvalue weighted by Gasteiger charge is -2.20. The van der Waals surface area contributed by atoms with Gasteiger partial charge in [0.15, 0.2) is 12.2 Å². The molecule has 2 aromatic rings. The molecule has 26 nitrogen and oxygen atoms in total. The number of aliphatic hydroxyl groups is 2. The first kappa shape index (κ1) is 65.5. The van der Waals surface area contributed by atoms with Gasteiger partial charge in [0, 0.05) is 62.2 Å². The van der Waals surface area contributed by atoms with E-state index in [9.17, 15) is 67.7 Å². The van der Waals surface area contributed by atoms with Gasteiger partial charge in [0.1, 0.15) is 19.6 Å². The first-order valence-corrected chi connectivity index (χ1v) is 27.0. The lowest BCUT2D eigenvalue weighted by atomic mass is 10.0. The van der Waals surface area contributed by atoms with E-state index in [1.807, 2.05) is 0 Å². The summed E-state index contributed by atoms with van der Waals surface area (Å²) >= 11 is 10.6. The van der Waals surface area contributed by atoms with Gasteiger partial charge in [0.2, 0.25) is 0 Å². The second kappa shape index (κ2) is 32.7. The predicted molar refractivity (Wildman–Crippen MR) is 298 cm³/mol. The summed E-state index contributed by atoms with van der Waals surface area (Å²) < 4.78 is 21.0. The van der Waals surface area contributed by atoms with Crippen molar-refractivity contribution >= 4 is 207 Å². The fourth-order valence-corrected chi connectivity index (χ4v) is 14.7. The van der Waals surface area contributed by atoms with E-state index in [-0.39, 0.29) is 94.2 Å². The van der Waals surface area contributed by atoms with Crippen LogP contribution in [0.25, 0.3) is 0 Å². The largest absolute Gasteiger partial charge is 0.462 e. The molecule has 0 saturated heterocycles. The Kier molecular flexibility index (Phi) is 29.4. The normalized spacial score (nSPS) is 11.3. The Morgan fingerprint density at radius 2 is 0.753 bits per heavy atom. The highest BCUT2D eigenvalue weighted by atomic mass is 127. The second-order valence-corrected chi connectivity index (χ2v) is 20.8. The Morgan fingerprint density at radius 1 is 0.452 bits per heavy atom. The van der Waals surface area contributed by atoms with E-state index in [4.69, 9.17) is 28.6 Å². The van der Waals surface area contributed by atoms with Gasteiger partial charge in [-0.3, -0.25) is 47.9 Å². The topological polar surface area (TPSA) is 373 Å². The van der Waals surface area contributed by atoms with Crippen molar-refractivity contribution in [1.29, 1.82) is 0 Å². The van der Waals surface area contributed by atoms with Gasteiger partial charge in [0.05, 0.1) is 61.4 Å². The number of hydroxylamine groups is 2. The smallest absolute Gasteiger partial charge is 0.336 e. The molecule has 0 aliphatic carbocycles. The number of hydrogen-bond donors (Lipinski definition) is 8. The molecule has 2 atom stereocenters. The minimum Gasteiger partial charge on any atom is -0.462 e. The van der Waals surface area contributed by atoms with Crippen molar-refractivity contribution in [2.75, 3.05) is 52.6 Å². The maximum absolute atomic E-state index is 13.7. The molecular formula is C41H44I6N6O20. The van der Waals surface area contributed by atoms with Gasteiger partial charge < -0.3 is 60.1 Å². The zero-order chi connectivity index (χ0) is 55.3. The van der Waals surface area contributed by atoms with Crippen molar-refractivity contribution in [3.8, 4) is 0 Å². The van der Waals surface area contributed by atoms with Crippen LogP contribution in [0.15, 0.2) is 0 Å². The fraction of sp³-hybridized carbons (Fsp3) is 0.415. The number of carbonyl (C=O) groups is 12. The molecule has 6 amide bonds. The summed E-state index contributed by atoms with van der Waals surface area (Å²) in [7, 11) is 0. The molecule has 400 valence electrons. The fourth-order valence-electron chi connectivity index (χ4n) is 5.61. The number of ether oxygens (including phenoxy) is 4. The standard InChI is InChI=1S/C41H44I6N6O20/c1-16(56)68-14-20(70-18(3)58)12-50-40(66)30-34(44)22(32(42)28(36(30)46)38(64)48-5-7-54)9-26(62)72-52-24(60)11-25(61)53-73-27(63)10-23-33(43)29(39(65)49-6-8-55)37(47)31(35(23)45)41(67)51-13-21(71-19(4)59)15-69-17(2)57/h20-21,54-55H,5-15H2,1-4H3,(H,48,64)(H,49,65)(H,50,66)(H,51,67)(H,52,60)(H,53,61). The Labute approximate surface area is 496 Å². The van der Waals surface area contributed by atoms with E-state index in [0.29, 0.717) is 0 Å². The molecule has 0 fully saturated rings. The van der Waals surface area contributed by atoms with E-state index < -0.39 is 116 Å². The first-order chi connectivity index (χ1) is 34.2. The summed E-state index contributed by atoms with van der Waals surface area (Å²) in [6.45, 7) is 1.86. The number of benzene rings is 2. The number of hydrogen-bond acceptors (Lipinski definition) is 20. The van der Waals surface area contributed by atoms with Crippen LogP contribution < -0.4 is 32.2 Å². The number of nitrogens with one attached hydrogen (secondary N) is 6. The van der Waals surface area contributed by atoms with Crippen LogP contribution in [0.1, 0.15) is 86.7 Å². The van der Waals surface area contributed by atoms with Crippen LogP contribution in [0, 0.1) is 21.4 Å². The first-order valence-electron chi connectivity index (χ1n) is 20.6. The Hall–Kier alpha value is -3.62. The molecule has 0 aliphatic heterocycles. The molecule has 0 aromatic heterocycles. The van der Waals surface area contributed by atoms with Gasteiger partial charge in [-0.1, -0.05) is 0 Å². The van der Waals surface area contributed by atoms with E-state index in [1.165, 1.54) is 0 Å². The molecule has 73 heavy (non-hydrogen) atoms. The molecule has 0 heterocycles. The average Bonchev–Trinajstić information content (AvgIpc) is 3.30. The minimum atomic E-state index is -1.20. The summed E-state index contributed by atoms with van der Waals surface area (Å²) in [6.07, 6.45) is -4.56. The Bertz CT molecular complexity index is 2350. The lowest BCUT2D eigenvalue weighted by Crippen LogP contribution is -2.39. The van der Waals surface area contributed by atoms with Crippen molar-refractivity contribution < 1.29 is 96.4 Å². The molecule has 0 radical (unpaired) electrons. The molecule has 0 spiro atoms. The van der Waals surface area contributed by atoms with Crippen molar-refractivity contribution in [2.45, 2.75) is 59.2 Å². The number of carbonyl (C=O) groups excluding carboxylic acids is 12. The van der Waals surface area contributed by atoms with E-state index >= 15 is 0 Å². The molecule has 2 aromatic carbocycles. The van der Waals surface area contributed by atoms with Crippen molar-refractivity contribution in [3.05, 3.63) is 54.8 Å². The van der Waals surface area contributed by atoms with E-state index in [2.05, 4.69) is 21.3 Å². The molecule has 0 bridgehead atoms. The molecule has 0 saturated carbocycles. The van der Waals surface area contributed by atoms with Crippen LogP contribution >= 0.6 is 136 Å². The van der Waals surface area contributed by atoms with Crippen LogP contribution in [0.2, 0.25) is 0 Å². The predicted octanol–water partition coefficient (Wildman–Crippen LogP) is 0.532. The van der Waals surface area contributed by atoms with Crippen molar-refractivity contribution in [1.82, 2.24) is 32.2 Å². The number of esters is 4. The maximum Gasteiger partial charge on any atom is 0.336 e. The van der Waals surface area contributed by atoms with Crippen LogP contribution in [-0.2, 0) is 79.8 Å². The zero-order valence-corrected chi connectivity index (χ0v) is 51.4. The maximum atomic E-state index is 13.7. The van der Waals surface area contributed by atoms with Crippen LogP contribution in [0.3, 0.4) is 0 Å². The zero-order valence-electron chi connectivity index (χ0n) is 38.4. The molecule has 32 heteroatoms. The number of amides is 6. The van der Waals surface area contributed by atoms with Crippen molar-refractivity contribution in [2.24, 2.45) is 0 Å². The molecule has 8 N–H and O–H groups in total. The van der Waals surface area contributed by atoms with Gasteiger partial charge in [-0.05, 0) is 147 Å². The number of rotatable bonds is 24. The highest BCUT2D eigenvalue weighted by Gasteiger charge is 2.32. The lowest BCUT2D eigenvalue weighted by molar-refractivity contribution is -0.161. The summed E-state index contributed by atoms with van der Waals surface area (Å²) in [6, 6.07) is 0. The molecular weight excluding hydrogens is 1660 g/mol. The van der Waals surface area contributed by atoms with Gasteiger partial charge >= 0.3 is 35.8 Å². The van der Waals surface area contributed by atoms with E-state index in [1.54, 1.807) is 147 Å². The highest BCUT2D eigenvalue weighted by Crippen LogP contribution is 2.34. The summed E-state index contributed by atoms with van der Waals surface area (Å²) in [4.78, 5) is 161. The second-order valence-electron chi connectivity index (χ2n) is 14.3. The van der Waals surface area contributed by atoms with Gasteiger partial charge in [0.25, 0.3) is 35.4 Å². The van der Waals surface area contributed by atoms with Gasteiger partial charge in [-0.2, -0.15) is 11.0 Å². The van der Waals surface area contributed by atoms with Crippen LogP contribution in [-0.4, -0.2) is 146 Å². The minimum absolute atomic E-state index is 0.0590. The third kappa shape index (κ3) is 21.5. The third-order valence-electron chi connectivity index (χ3n) is 8.63. The summed E-state index contributed by atoms with van der Waals surface area (Å²) in [5.74, 6) is -10.5. The Balaban J connectivity index is 2.26. The Morgan fingerprint density at radius 3 is 1.03 bits per heavy atom. The highest BCUT2D eigenvalue weighted by molar-refractivity contribution is 14.1. The third-order valence-corrected chi connectivity index (χ3v) is 15.5. The molecule has 2 unspecified atom stereocenters. The number of aliphatic hydroxyl groups excluding tert-OH is 2. The number of halogens is 6. The summed E-state index contributed by atoms with van der Waals surface area (Å²) in [5, 5.41) is 28.7. The van der Waals surface area contributed by atoms with Crippen LogP contribution in [0.5, 0.6) is 0 Å². The SMILES string of the molecule is CC(=O)OCC(CNC(=O)c1c(I)c(CC(=O)ONC(=O)CC(=O)NOC(=O)Cc2c(I)c(C(=O)NCCO)c(I)c(C(=O)NCC(COC(C)=O)OC(C)=O)c2I)c(I)c(C(=O)NCCO)c1I)OC(C)=O. The van der Waals surface area contributed by atoms with Gasteiger partial charge in [-0.25, -0.2) is 9.59 Å². The van der Waals surface area contributed by atoms with Crippen molar-refractivity contribution in [3.63, 3.8) is 0 Å². The monoisotopic (exact) mass is 1700 g/mol. The van der Waals surface area contributed by atoms with E-state index in [0.717, 1.165) is 27.7 Å². The van der Waals surface area contributed by atoms with Gasteiger partial charge in [-0.15, -0.1) is 0 Å². The summed E-state index contributed by atoms with van der Waals surface area (Å²) in [5.41, 5.74) is 3.46. The quantitative estimate of drug-likeness (QED) is 0.0234. The average molecular weight is 1700 g/mol. The molecule has 0 aliphatic rings. The van der Waals surface area contributed by atoms with Crippen LogP contribution in [0.4, 0.5) is 0 Å². The molecule has 2 rings (SSSR count).